The summed E-state index contributed by atoms with van der Waals surface area (Å²) in [6.07, 6.45) is 2.79. The van der Waals surface area contributed by atoms with Gasteiger partial charge in [0.2, 0.25) is 0 Å². The van der Waals surface area contributed by atoms with Crippen LogP contribution in [0.25, 0.3) is 0 Å². The largest absolute Gasteiger partial charge is 0.506 e. The molecular formula is C13H9N3O. The standard InChI is InChI=1S/C13H9N3O/c14-8-12(11-6-7-15-9-13(11)17)16-10-4-2-1-3-5-10/h1-7,9,17H. The number of aromatic nitrogens is 1. The number of benzene rings is 1. The molecule has 1 heterocycles. The first-order chi connectivity index (χ1) is 8.31. The first kappa shape index (κ1) is 10.8. The normalized spacial score (nSPS) is 10.9. The van der Waals surface area contributed by atoms with E-state index in [1.54, 1.807) is 18.2 Å². The van der Waals surface area contributed by atoms with Gasteiger partial charge in [0.05, 0.1) is 17.4 Å². The molecule has 2 aromatic rings. The molecule has 4 heteroatoms. The van der Waals surface area contributed by atoms with Gasteiger partial charge in [-0.15, -0.1) is 0 Å². The maximum Gasteiger partial charge on any atom is 0.152 e. The van der Waals surface area contributed by atoms with Gasteiger partial charge in [0, 0.05) is 6.20 Å². The summed E-state index contributed by atoms with van der Waals surface area (Å²) in [5, 5.41) is 18.6. The van der Waals surface area contributed by atoms with E-state index in [2.05, 4.69) is 9.98 Å². The second-order valence-corrected chi connectivity index (χ2v) is 3.30. The average Bonchev–Trinajstić information content (AvgIpc) is 2.38. The molecular weight excluding hydrogens is 214 g/mol. The minimum atomic E-state index is -0.0521. The molecule has 1 aromatic carbocycles. The summed E-state index contributed by atoms with van der Waals surface area (Å²) in [6.45, 7) is 0. The van der Waals surface area contributed by atoms with Crippen LogP contribution in [-0.2, 0) is 0 Å². The highest BCUT2D eigenvalue weighted by Gasteiger charge is 2.07. The lowest BCUT2D eigenvalue weighted by molar-refractivity contribution is 0.471. The quantitative estimate of drug-likeness (QED) is 0.795. The van der Waals surface area contributed by atoms with E-state index in [1.165, 1.54) is 12.4 Å². The van der Waals surface area contributed by atoms with Gasteiger partial charge in [-0.25, -0.2) is 4.99 Å². The van der Waals surface area contributed by atoms with E-state index in [0.717, 1.165) is 0 Å². The number of pyridine rings is 1. The predicted octanol–water partition coefficient (Wildman–Crippen LogP) is 2.43. The van der Waals surface area contributed by atoms with Crippen LogP contribution in [0.15, 0.2) is 53.8 Å². The fourth-order valence-corrected chi connectivity index (χ4v) is 1.36. The molecule has 2 rings (SSSR count). The maximum atomic E-state index is 9.60. The molecule has 0 atom stereocenters. The maximum absolute atomic E-state index is 9.60. The fourth-order valence-electron chi connectivity index (χ4n) is 1.36. The molecule has 0 aliphatic carbocycles. The number of aromatic hydroxyl groups is 1. The Morgan fingerprint density at radius 2 is 2.00 bits per heavy atom. The Kier molecular flexibility index (Phi) is 3.13. The minimum Gasteiger partial charge on any atom is -0.506 e. The van der Waals surface area contributed by atoms with Gasteiger partial charge in [-0.3, -0.25) is 4.98 Å². The predicted molar refractivity (Wildman–Crippen MR) is 64.2 cm³/mol. The minimum absolute atomic E-state index is 0.0521. The third-order valence-electron chi connectivity index (χ3n) is 2.16. The molecule has 0 aliphatic heterocycles. The van der Waals surface area contributed by atoms with E-state index in [-0.39, 0.29) is 11.5 Å². The SMILES string of the molecule is N#CC(=Nc1ccccc1)c1ccncc1O. The number of aliphatic imine (C=N–C) groups is 1. The summed E-state index contributed by atoms with van der Waals surface area (Å²) in [7, 11) is 0. The van der Waals surface area contributed by atoms with Gasteiger partial charge in [-0.1, -0.05) is 18.2 Å². The lowest BCUT2D eigenvalue weighted by atomic mass is 10.1. The zero-order valence-corrected chi connectivity index (χ0v) is 8.91. The van der Waals surface area contributed by atoms with Gasteiger partial charge in [-0.05, 0) is 18.2 Å². The molecule has 0 fully saturated rings. The zero-order chi connectivity index (χ0) is 12.1. The number of rotatable bonds is 2. The summed E-state index contributed by atoms with van der Waals surface area (Å²) in [5.41, 5.74) is 1.21. The first-order valence-corrected chi connectivity index (χ1v) is 4.98. The van der Waals surface area contributed by atoms with Gasteiger partial charge in [0.15, 0.2) is 5.71 Å². The monoisotopic (exact) mass is 223 g/mol. The Hall–Kier alpha value is -2.67. The lowest BCUT2D eigenvalue weighted by Gasteiger charge is -2.00. The Morgan fingerprint density at radius 1 is 1.24 bits per heavy atom. The van der Waals surface area contributed by atoms with Crippen LogP contribution in [0, 0.1) is 11.3 Å². The molecule has 82 valence electrons. The second kappa shape index (κ2) is 4.90. The second-order valence-electron chi connectivity index (χ2n) is 3.30. The van der Waals surface area contributed by atoms with E-state index in [9.17, 15) is 5.11 Å². The molecule has 4 nitrogen and oxygen atoms in total. The van der Waals surface area contributed by atoms with Crippen molar-refractivity contribution in [3.63, 3.8) is 0 Å². The average molecular weight is 223 g/mol. The lowest BCUT2D eigenvalue weighted by Crippen LogP contribution is -1.97. The van der Waals surface area contributed by atoms with Crippen LogP contribution < -0.4 is 0 Å². The summed E-state index contributed by atoms with van der Waals surface area (Å²) < 4.78 is 0. The van der Waals surface area contributed by atoms with E-state index in [0.29, 0.717) is 11.3 Å². The Labute approximate surface area is 98.5 Å². The highest BCUT2D eigenvalue weighted by molar-refractivity contribution is 6.14. The van der Waals surface area contributed by atoms with Crippen LogP contribution >= 0.6 is 0 Å². The molecule has 0 radical (unpaired) electrons. The third kappa shape index (κ3) is 2.47. The molecule has 0 amide bonds. The number of nitrogens with zero attached hydrogens (tertiary/aromatic N) is 3. The van der Waals surface area contributed by atoms with Crippen molar-refractivity contribution >= 4 is 11.4 Å². The Balaban J connectivity index is 2.46. The van der Waals surface area contributed by atoms with Crippen molar-refractivity contribution < 1.29 is 5.11 Å². The fraction of sp³-hybridized carbons (Fsp3) is 0. The van der Waals surface area contributed by atoms with Gasteiger partial charge in [-0.2, -0.15) is 5.26 Å². The van der Waals surface area contributed by atoms with Gasteiger partial charge < -0.3 is 5.11 Å². The molecule has 0 spiro atoms. The summed E-state index contributed by atoms with van der Waals surface area (Å²) >= 11 is 0. The van der Waals surface area contributed by atoms with Crippen molar-refractivity contribution in [3.05, 3.63) is 54.4 Å². The van der Waals surface area contributed by atoms with E-state index in [1.807, 2.05) is 24.3 Å². The van der Waals surface area contributed by atoms with Crippen molar-refractivity contribution in [2.75, 3.05) is 0 Å². The topological polar surface area (TPSA) is 69.3 Å². The number of nitriles is 1. The van der Waals surface area contributed by atoms with Crippen molar-refractivity contribution in [2.24, 2.45) is 4.99 Å². The molecule has 0 saturated heterocycles. The number of hydrogen-bond donors (Lipinski definition) is 1. The zero-order valence-electron chi connectivity index (χ0n) is 8.91. The number of para-hydroxylation sites is 1. The number of hydrogen-bond acceptors (Lipinski definition) is 4. The van der Waals surface area contributed by atoms with Crippen LogP contribution in [0.3, 0.4) is 0 Å². The molecule has 0 saturated carbocycles. The highest BCUT2D eigenvalue weighted by atomic mass is 16.3. The first-order valence-electron chi connectivity index (χ1n) is 4.98. The van der Waals surface area contributed by atoms with E-state index in [4.69, 9.17) is 5.26 Å². The van der Waals surface area contributed by atoms with Crippen molar-refractivity contribution in [3.8, 4) is 11.8 Å². The molecule has 0 aliphatic rings. The van der Waals surface area contributed by atoms with Crippen molar-refractivity contribution in [1.29, 1.82) is 5.26 Å². The van der Waals surface area contributed by atoms with E-state index < -0.39 is 0 Å². The van der Waals surface area contributed by atoms with Gasteiger partial charge in [0.1, 0.15) is 11.8 Å². The smallest absolute Gasteiger partial charge is 0.152 e. The summed E-state index contributed by atoms with van der Waals surface area (Å²) in [6, 6.07) is 12.6. The van der Waals surface area contributed by atoms with Crippen LogP contribution in [0.4, 0.5) is 5.69 Å². The third-order valence-corrected chi connectivity index (χ3v) is 2.16. The van der Waals surface area contributed by atoms with E-state index >= 15 is 0 Å². The van der Waals surface area contributed by atoms with Crippen LogP contribution in [-0.4, -0.2) is 15.8 Å². The molecule has 0 unspecified atom stereocenters. The van der Waals surface area contributed by atoms with Gasteiger partial charge >= 0.3 is 0 Å². The molecule has 1 aromatic heterocycles. The highest BCUT2D eigenvalue weighted by Crippen LogP contribution is 2.18. The Bertz CT molecular complexity index is 585. The van der Waals surface area contributed by atoms with Crippen molar-refractivity contribution in [2.45, 2.75) is 0 Å². The molecule has 17 heavy (non-hydrogen) atoms. The van der Waals surface area contributed by atoms with Crippen LogP contribution in [0.2, 0.25) is 0 Å². The van der Waals surface area contributed by atoms with Crippen LogP contribution in [0.1, 0.15) is 5.56 Å². The summed E-state index contributed by atoms with van der Waals surface area (Å²) in [4.78, 5) is 7.93. The summed E-state index contributed by atoms with van der Waals surface area (Å²) in [5.74, 6) is -0.0521. The van der Waals surface area contributed by atoms with Gasteiger partial charge in [0.25, 0.3) is 0 Å². The molecule has 1 N–H and O–H groups in total. The van der Waals surface area contributed by atoms with Crippen molar-refractivity contribution in [1.82, 2.24) is 4.98 Å². The molecule has 0 bridgehead atoms. The Morgan fingerprint density at radius 3 is 2.65 bits per heavy atom. The van der Waals surface area contributed by atoms with Crippen LogP contribution in [0.5, 0.6) is 5.75 Å².